The van der Waals surface area contributed by atoms with Gasteiger partial charge in [0.05, 0.1) is 18.0 Å². The van der Waals surface area contributed by atoms with Crippen LogP contribution in [0, 0.1) is 13.8 Å². The molecule has 0 atom stereocenters. The summed E-state index contributed by atoms with van der Waals surface area (Å²) < 4.78 is 12.6. The number of hydrogen-bond donors (Lipinski definition) is 0. The average Bonchev–Trinajstić information content (AvgIpc) is 3.18. The van der Waals surface area contributed by atoms with Crippen molar-refractivity contribution in [3.63, 3.8) is 0 Å². The van der Waals surface area contributed by atoms with Crippen LogP contribution in [0.1, 0.15) is 63.8 Å². The number of benzene rings is 3. The lowest BCUT2D eigenvalue weighted by Gasteiger charge is -2.26. The predicted molar refractivity (Wildman–Crippen MR) is 166 cm³/mol. The molecule has 208 valence electrons. The molecule has 2 heterocycles. The van der Waals surface area contributed by atoms with Gasteiger partial charge in [0, 0.05) is 37.1 Å². The number of hydrogen-bond acceptors (Lipinski definition) is 5. The minimum atomic E-state index is -0.0412. The van der Waals surface area contributed by atoms with Crippen molar-refractivity contribution in [3.05, 3.63) is 95.2 Å². The summed E-state index contributed by atoms with van der Waals surface area (Å²) in [5.74, 6) is 2.77. The molecule has 1 aromatic heterocycles. The van der Waals surface area contributed by atoms with Crippen LogP contribution in [0.4, 0.5) is 17.1 Å². The second kappa shape index (κ2) is 10.2. The molecule has 0 aliphatic carbocycles. The van der Waals surface area contributed by atoms with Crippen LogP contribution >= 0.6 is 0 Å². The lowest BCUT2D eigenvalue weighted by Crippen LogP contribution is -2.24. The smallest absolute Gasteiger partial charge is 0.219 e. The number of nitrogens with zero attached hydrogens (tertiary/aromatic N) is 3. The maximum Gasteiger partial charge on any atom is 0.219 e. The summed E-state index contributed by atoms with van der Waals surface area (Å²) >= 11 is 0. The van der Waals surface area contributed by atoms with E-state index in [0.717, 1.165) is 18.1 Å². The Balaban J connectivity index is 1.46. The Hall–Kier alpha value is -3.99. The molecule has 1 aliphatic rings. The van der Waals surface area contributed by atoms with E-state index >= 15 is 0 Å². The molecule has 5 heteroatoms. The number of anilines is 3. The van der Waals surface area contributed by atoms with Crippen LogP contribution in [0.5, 0.6) is 23.1 Å². The second-order valence-electron chi connectivity index (χ2n) is 13.0. The van der Waals surface area contributed by atoms with Gasteiger partial charge in [-0.1, -0.05) is 47.6 Å². The summed E-state index contributed by atoms with van der Waals surface area (Å²) in [7, 11) is 2.15. The molecule has 0 unspecified atom stereocenters. The molecular formula is C35H41N3O2. The van der Waals surface area contributed by atoms with E-state index in [1.807, 2.05) is 36.4 Å². The predicted octanol–water partition coefficient (Wildman–Crippen LogP) is 9.42. The number of aryl methyl sites for hydroxylation is 2. The zero-order valence-corrected chi connectivity index (χ0v) is 25.3. The first-order chi connectivity index (χ1) is 18.8. The Morgan fingerprint density at radius 2 is 1.32 bits per heavy atom. The van der Waals surface area contributed by atoms with Gasteiger partial charge in [0.25, 0.3) is 0 Å². The topological polar surface area (TPSA) is 37.8 Å². The minimum Gasteiger partial charge on any atom is -0.457 e. The highest BCUT2D eigenvalue weighted by atomic mass is 16.5. The van der Waals surface area contributed by atoms with E-state index in [1.54, 1.807) is 6.20 Å². The number of pyridine rings is 1. The van der Waals surface area contributed by atoms with Gasteiger partial charge in [0.15, 0.2) is 0 Å². The highest BCUT2D eigenvalue weighted by Gasteiger charge is 2.27. The van der Waals surface area contributed by atoms with Crippen molar-refractivity contribution in [2.24, 2.45) is 0 Å². The lowest BCUT2D eigenvalue weighted by atomic mass is 9.86. The normalized spacial score (nSPS) is 13.4. The third-order valence-corrected chi connectivity index (χ3v) is 7.58. The van der Waals surface area contributed by atoms with E-state index in [1.165, 1.54) is 33.6 Å². The van der Waals surface area contributed by atoms with Gasteiger partial charge in [-0.25, -0.2) is 4.98 Å². The summed E-state index contributed by atoms with van der Waals surface area (Å²) in [4.78, 5) is 9.09. The van der Waals surface area contributed by atoms with Crippen LogP contribution in [0.25, 0.3) is 0 Å². The standard InChI is InChI=1S/C35H41N3O2/c1-23-15-31-32(16-24(23)2)38(22-37(31)9)27-17-26(35(6,7)8)18-30(20-27)39-28-11-10-12-29(21-28)40-33-19-25(13-14-36-33)34(3,4)5/h10-21H,22H2,1-9H3. The molecular weight excluding hydrogens is 494 g/mol. The fraction of sp³-hybridized carbons (Fsp3) is 0.343. The van der Waals surface area contributed by atoms with Crippen molar-refractivity contribution in [1.29, 1.82) is 0 Å². The lowest BCUT2D eigenvalue weighted by molar-refractivity contribution is 0.445. The molecule has 5 rings (SSSR count). The van der Waals surface area contributed by atoms with Crippen molar-refractivity contribution in [1.82, 2.24) is 4.98 Å². The Morgan fingerprint density at radius 1 is 0.675 bits per heavy atom. The molecule has 3 aromatic carbocycles. The van der Waals surface area contributed by atoms with Crippen molar-refractivity contribution < 1.29 is 9.47 Å². The van der Waals surface area contributed by atoms with Crippen LogP contribution in [0.15, 0.2) is 72.9 Å². The van der Waals surface area contributed by atoms with E-state index < -0.39 is 0 Å². The van der Waals surface area contributed by atoms with Gasteiger partial charge < -0.3 is 19.3 Å². The van der Waals surface area contributed by atoms with Crippen molar-refractivity contribution in [2.45, 2.75) is 66.2 Å². The molecule has 0 N–H and O–H groups in total. The summed E-state index contributed by atoms with van der Waals surface area (Å²) in [5, 5.41) is 0. The van der Waals surface area contributed by atoms with E-state index in [2.05, 4.69) is 108 Å². The molecule has 5 nitrogen and oxygen atoms in total. The van der Waals surface area contributed by atoms with Crippen LogP contribution in [0.3, 0.4) is 0 Å². The van der Waals surface area contributed by atoms with Gasteiger partial charge >= 0.3 is 0 Å². The first-order valence-electron chi connectivity index (χ1n) is 14.0. The molecule has 40 heavy (non-hydrogen) atoms. The third kappa shape index (κ3) is 5.79. The van der Waals surface area contributed by atoms with Crippen LogP contribution in [-0.2, 0) is 10.8 Å². The molecule has 0 saturated heterocycles. The number of rotatable bonds is 5. The van der Waals surface area contributed by atoms with E-state index in [-0.39, 0.29) is 10.8 Å². The van der Waals surface area contributed by atoms with E-state index in [9.17, 15) is 0 Å². The Kier molecular flexibility index (Phi) is 7.03. The molecule has 4 aromatic rings. The van der Waals surface area contributed by atoms with Crippen LogP contribution in [0.2, 0.25) is 0 Å². The minimum absolute atomic E-state index is 0.0178. The number of aromatic nitrogens is 1. The third-order valence-electron chi connectivity index (χ3n) is 7.58. The van der Waals surface area contributed by atoms with Crippen LogP contribution in [-0.4, -0.2) is 18.7 Å². The molecule has 0 amide bonds. The zero-order chi connectivity index (χ0) is 28.8. The first kappa shape index (κ1) is 27.6. The summed E-state index contributed by atoms with van der Waals surface area (Å²) in [6.45, 7) is 18.4. The molecule has 0 radical (unpaired) electrons. The quantitative estimate of drug-likeness (QED) is 0.254. The largest absolute Gasteiger partial charge is 0.457 e. The second-order valence-corrected chi connectivity index (χ2v) is 13.0. The van der Waals surface area contributed by atoms with E-state index in [0.29, 0.717) is 17.4 Å². The first-order valence-corrected chi connectivity index (χ1v) is 14.0. The van der Waals surface area contributed by atoms with Gasteiger partial charge in [-0.15, -0.1) is 0 Å². The van der Waals surface area contributed by atoms with Crippen molar-refractivity contribution in [2.75, 3.05) is 23.5 Å². The molecule has 0 spiro atoms. The number of fused-ring (bicyclic) bond motifs is 1. The Labute approximate surface area is 239 Å². The summed E-state index contributed by atoms with van der Waals surface area (Å²) in [6, 6.07) is 22.9. The average molecular weight is 536 g/mol. The highest BCUT2D eigenvalue weighted by Crippen LogP contribution is 2.44. The zero-order valence-electron chi connectivity index (χ0n) is 25.3. The Bertz CT molecular complexity index is 1550. The van der Waals surface area contributed by atoms with Crippen LogP contribution < -0.4 is 19.3 Å². The van der Waals surface area contributed by atoms with E-state index in [4.69, 9.17) is 9.47 Å². The highest BCUT2D eigenvalue weighted by molar-refractivity contribution is 5.84. The fourth-order valence-electron chi connectivity index (χ4n) is 4.91. The number of ether oxygens (including phenoxy) is 2. The molecule has 1 aliphatic heterocycles. The van der Waals surface area contributed by atoms with Gasteiger partial charge in [0.2, 0.25) is 5.88 Å². The van der Waals surface area contributed by atoms with Gasteiger partial charge in [0.1, 0.15) is 17.2 Å². The maximum absolute atomic E-state index is 6.49. The Morgan fingerprint density at radius 3 is 2.00 bits per heavy atom. The summed E-state index contributed by atoms with van der Waals surface area (Å²) in [6.07, 6.45) is 1.80. The maximum atomic E-state index is 6.49. The van der Waals surface area contributed by atoms with Crippen molar-refractivity contribution >= 4 is 17.1 Å². The monoisotopic (exact) mass is 535 g/mol. The molecule has 0 fully saturated rings. The van der Waals surface area contributed by atoms with Crippen molar-refractivity contribution in [3.8, 4) is 23.1 Å². The fourth-order valence-corrected chi connectivity index (χ4v) is 4.91. The molecule has 0 saturated carbocycles. The van der Waals surface area contributed by atoms with Gasteiger partial charge in [-0.2, -0.15) is 0 Å². The van der Waals surface area contributed by atoms with Gasteiger partial charge in [-0.05, 0) is 89.4 Å². The van der Waals surface area contributed by atoms with Gasteiger partial charge in [-0.3, -0.25) is 0 Å². The molecule has 0 bridgehead atoms. The summed E-state index contributed by atoms with van der Waals surface area (Å²) in [5.41, 5.74) is 8.57. The SMILES string of the molecule is Cc1cc2c(cc1C)N(c1cc(Oc3cccc(Oc4cc(C(C)(C)C)ccn4)c3)cc(C(C)(C)C)c1)CN2C.